The van der Waals surface area contributed by atoms with Gasteiger partial charge >= 0.3 is 0 Å². The number of carbonyl (C=O) groups excluding carboxylic acids is 1. The molecule has 1 saturated carbocycles. The van der Waals surface area contributed by atoms with E-state index in [-0.39, 0.29) is 18.3 Å². The van der Waals surface area contributed by atoms with Gasteiger partial charge in [0.25, 0.3) is 0 Å². The number of nitrogens with one attached hydrogen (secondary N) is 2. The second kappa shape index (κ2) is 9.21. The predicted molar refractivity (Wildman–Crippen MR) is 93.7 cm³/mol. The van der Waals surface area contributed by atoms with E-state index >= 15 is 0 Å². The summed E-state index contributed by atoms with van der Waals surface area (Å²) in [6, 6.07) is 4.84. The van der Waals surface area contributed by atoms with E-state index in [2.05, 4.69) is 26.6 Å². The largest absolute Gasteiger partial charge is 0.353 e. The zero-order valence-electron chi connectivity index (χ0n) is 13.5. The maximum atomic E-state index is 12.1. The van der Waals surface area contributed by atoms with Gasteiger partial charge in [-0.1, -0.05) is 18.9 Å². The van der Waals surface area contributed by atoms with Crippen molar-refractivity contribution < 1.29 is 4.79 Å². The minimum Gasteiger partial charge on any atom is -0.353 e. The molecule has 128 valence electrons. The van der Waals surface area contributed by atoms with Gasteiger partial charge in [0.1, 0.15) is 0 Å². The van der Waals surface area contributed by atoms with Crippen LogP contribution in [0, 0.1) is 0 Å². The number of amides is 1. The van der Waals surface area contributed by atoms with Gasteiger partial charge in [0.15, 0.2) is 0 Å². The van der Waals surface area contributed by atoms with Crippen LogP contribution in [-0.4, -0.2) is 48.0 Å². The zero-order valence-corrected chi connectivity index (χ0v) is 14.4. The van der Waals surface area contributed by atoms with Gasteiger partial charge in [0.05, 0.1) is 0 Å². The molecular weight excluding hydrogens is 312 g/mol. The molecule has 1 aromatic heterocycles. The van der Waals surface area contributed by atoms with Gasteiger partial charge in [0.2, 0.25) is 5.91 Å². The number of hydrogen-bond donors (Lipinski definition) is 2. The average molecular weight is 339 g/mol. The number of piperazine rings is 1. The quantitative estimate of drug-likeness (QED) is 0.861. The molecule has 6 heteroatoms. The Bertz CT molecular complexity index is 479. The summed E-state index contributed by atoms with van der Waals surface area (Å²) >= 11 is 0. The van der Waals surface area contributed by atoms with E-state index < -0.39 is 0 Å². The van der Waals surface area contributed by atoms with E-state index in [1.165, 1.54) is 18.4 Å². The highest BCUT2D eigenvalue weighted by molar-refractivity contribution is 5.85. The van der Waals surface area contributed by atoms with Gasteiger partial charge in [-0.25, -0.2) is 0 Å². The lowest BCUT2D eigenvalue weighted by Crippen LogP contribution is -2.47. The van der Waals surface area contributed by atoms with Crippen molar-refractivity contribution in [3.05, 3.63) is 30.1 Å². The lowest BCUT2D eigenvalue weighted by molar-refractivity contribution is -0.122. The summed E-state index contributed by atoms with van der Waals surface area (Å²) < 4.78 is 0. The van der Waals surface area contributed by atoms with Crippen molar-refractivity contribution >= 4 is 18.3 Å². The molecule has 0 spiro atoms. The number of carbonyl (C=O) groups is 1. The van der Waals surface area contributed by atoms with Crippen molar-refractivity contribution in [1.29, 1.82) is 0 Å². The first-order valence-corrected chi connectivity index (χ1v) is 8.47. The lowest BCUT2D eigenvalue weighted by atomic mass is 10.1. The molecule has 2 fully saturated rings. The lowest BCUT2D eigenvalue weighted by Gasteiger charge is -2.36. The molecule has 0 radical (unpaired) electrons. The number of aromatic nitrogens is 1. The number of pyridine rings is 1. The number of hydrogen-bond acceptors (Lipinski definition) is 4. The summed E-state index contributed by atoms with van der Waals surface area (Å²) in [5, 5.41) is 6.62. The fraction of sp³-hybridized carbons (Fsp3) is 0.647. The summed E-state index contributed by atoms with van der Waals surface area (Å²) in [6.07, 6.45) is 9.14. The molecule has 0 bridgehead atoms. The molecule has 5 nitrogen and oxygen atoms in total. The van der Waals surface area contributed by atoms with Crippen molar-refractivity contribution in [3.63, 3.8) is 0 Å². The molecular formula is C17H27ClN4O. The van der Waals surface area contributed by atoms with E-state index in [1.54, 1.807) is 6.20 Å². The minimum absolute atomic E-state index is 0. The zero-order chi connectivity index (χ0) is 15.2. The van der Waals surface area contributed by atoms with Crippen LogP contribution in [0.2, 0.25) is 0 Å². The monoisotopic (exact) mass is 338 g/mol. The molecule has 1 amide bonds. The topological polar surface area (TPSA) is 57.3 Å². The van der Waals surface area contributed by atoms with Crippen molar-refractivity contribution in [2.45, 2.75) is 44.2 Å². The minimum atomic E-state index is 0. The highest BCUT2D eigenvalue weighted by Crippen LogP contribution is 2.21. The Hall–Kier alpha value is -1.17. The Kier molecular flexibility index (Phi) is 7.27. The molecule has 23 heavy (non-hydrogen) atoms. The molecule has 1 atom stereocenters. The summed E-state index contributed by atoms with van der Waals surface area (Å²) in [5.74, 6) is 0.204. The van der Waals surface area contributed by atoms with E-state index in [0.29, 0.717) is 18.5 Å². The molecule has 1 aromatic rings. The van der Waals surface area contributed by atoms with Crippen LogP contribution in [0.25, 0.3) is 0 Å². The predicted octanol–water partition coefficient (Wildman–Crippen LogP) is 1.90. The van der Waals surface area contributed by atoms with Crippen LogP contribution in [0.3, 0.4) is 0 Å². The number of nitrogens with zero attached hydrogens (tertiary/aromatic N) is 2. The third-order valence-electron chi connectivity index (χ3n) is 4.77. The van der Waals surface area contributed by atoms with Crippen molar-refractivity contribution in [2.75, 3.05) is 26.2 Å². The normalized spacial score (nSPS) is 22.5. The maximum absolute atomic E-state index is 12.1. The van der Waals surface area contributed by atoms with Crippen molar-refractivity contribution in [1.82, 2.24) is 20.5 Å². The van der Waals surface area contributed by atoms with Gasteiger partial charge < -0.3 is 10.6 Å². The van der Waals surface area contributed by atoms with Crippen LogP contribution in [0.4, 0.5) is 0 Å². The standard InChI is InChI=1S/C17H26N4O.ClH/c22-17(20-15-5-1-2-6-15)7-10-21-11-9-19-13-16(21)14-4-3-8-18-12-14;/h3-4,8,12,15-16,19H,1-2,5-7,9-11,13H2,(H,20,22);1H. The second-order valence-electron chi connectivity index (χ2n) is 6.34. The van der Waals surface area contributed by atoms with Crippen molar-refractivity contribution in [2.24, 2.45) is 0 Å². The second-order valence-corrected chi connectivity index (χ2v) is 6.34. The van der Waals surface area contributed by atoms with Crippen LogP contribution >= 0.6 is 12.4 Å². The Morgan fingerprint density at radius 3 is 2.96 bits per heavy atom. The molecule has 3 rings (SSSR count). The first kappa shape index (κ1) is 18.2. The third kappa shape index (κ3) is 5.16. The van der Waals surface area contributed by atoms with E-state index in [1.807, 2.05) is 12.3 Å². The molecule has 1 aliphatic carbocycles. The van der Waals surface area contributed by atoms with Gasteiger partial charge in [-0.2, -0.15) is 0 Å². The smallest absolute Gasteiger partial charge is 0.221 e. The van der Waals surface area contributed by atoms with Crippen LogP contribution in [-0.2, 0) is 4.79 Å². The SMILES string of the molecule is Cl.O=C(CCN1CCNCC1c1cccnc1)NC1CCCC1. The fourth-order valence-electron chi connectivity index (χ4n) is 3.53. The summed E-state index contributed by atoms with van der Waals surface area (Å²) in [5.41, 5.74) is 1.23. The highest BCUT2D eigenvalue weighted by Gasteiger charge is 2.24. The average Bonchev–Trinajstić information content (AvgIpc) is 3.07. The fourth-order valence-corrected chi connectivity index (χ4v) is 3.53. The van der Waals surface area contributed by atoms with Gasteiger partial charge in [0, 0.05) is 57.1 Å². The van der Waals surface area contributed by atoms with Crippen LogP contribution in [0.5, 0.6) is 0 Å². The highest BCUT2D eigenvalue weighted by atomic mass is 35.5. The van der Waals surface area contributed by atoms with E-state index in [9.17, 15) is 4.79 Å². The van der Waals surface area contributed by atoms with Gasteiger partial charge in [-0.3, -0.25) is 14.7 Å². The molecule has 2 aliphatic rings. The van der Waals surface area contributed by atoms with Gasteiger partial charge in [-0.05, 0) is 24.5 Å². The van der Waals surface area contributed by atoms with Crippen LogP contribution in [0.1, 0.15) is 43.7 Å². The van der Waals surface area contributed by atoms with Crippen LogP contribution in [0.15, 0.2) is 24.5 Å². The molecule has 2 heterocycles. The Balaban J connectivity index is 0.00000192. The Morgan fingerprint density at radius 2 is 2.22 bits per heavy atom. The molecule has 1 unspecified atom stereocenters. The van der Waals surface area contributed by atoms with Crippen molar-refractivity contribution in [3.8, 4) is 0 Å². The maximum Gasteiger partial charge on any atom is 0.221 e. The third-order valence-corrected chi connectivity index (χ3v) is 4.77. The molecule has 2 N–H and O–H groups in total. The molecule has 1 saturated heterocycles. The van der Waals surface area contributed by atoms with Gasteiger partial charge in [-0.15, -0.1) is 12.4 Å². The Morgan fingerprint density at radius 1 is 1.39 bits per heavy atom. The molecule has 0 aromatic carbocycles. The number of rotatable bonds is 5. The summed E-state index contributed by atoms with van der Waals surface area (Å²) in [6.45, 7) is 3.72. The van der Waals surface area contributed by atoms with E-state index in [0.717, 1.165) is 39.0 Å². The molecule has 1 aliphatic heterocycles. The first-order valence-electron chi connectivity index (χ1n) is 8.47. The summed E-state index contributed by atoms with van der Waals surface area (Å²) in [4.78, 5) is 18.7. The van der Waals surface area contributed by atoms with Crippen LogP contribution < -0.4 is 10.6 Å². The van der Waals surface area contributed by atoms with E-state index in [4.69, 9.17) is 0 Å². The summed E-state index contributed by atoms with van der Waals surface area (Å²) in [7, 11) is 0. The Labute approximate surface area is 144 Å². The first-order chi connectivity index (χ1) is 10.8. The number of halogens is 1.